The van der Waals surface area contributed by atoms with Gasteiger partial charge >= 0.3 is 5.97 Å². The molecular formula is C14H14ClNO2S. The van der Waals surface area contributed by atoms with Crippen LogP contribution < -0.4 is 5.32 Å². The van der Waals surface area contributed by atoms with Gasteiger partial charge in [-0.3, -0.25) is 0 Å². The zero-order valence-corrected chi connectivity index (χ0v) is 12.2. The number of hydrogen-bond donors (Lipinski definition) is 2. The summed E-state index contributed by atoms with van der Waals surface area (Å²) in [6.07, 6.45) is 0. The molecule has 19 heavy (non-hydrogen) atoms. The highest BCUT2D eigenvalue weighted by Crippen LogP contribution is 2.31. The van der Waals surface area contributed by atoms with Crippen LogP contribution >= 0.6 is 22.9 Å². The predicted octanol–water partition coefficient (Wildman–Crippen LogP) is 4.26. The number of carbonyl (C=O) groups is 1. The molecule has 0 aliphatic rings. The Balaban J connectivity index is 2.35. The van der Waals surface area contributed by atoms with Crippen LogP contribution in [0.2, 0.25) is 5.02 Å². The van der Waals surface area contributed by atoms with E-state index in [1.165, 1.54) is 0 Å². The molecule has 0 fully saturated rings. The summed E-state index contributed by atoms with van der Waals surface area (Å²) in [7, 11) is 0. The van der Waals surface area contributed by atoms with E-state index in [0.29, 0.717) is 10.7 Å². The third kappa shape index (κ3) is 3.08. The van der Waals surface area contributed by atoms with Crippen LogP contribution in [0.4, 0.5) is 5.69 Å². The molecule has 1 aromatic heterocycles. The van der Waals surface area contributed by atoms with Crippen molar-refractivity contribution in [3.8, 4) is 0 Å². The maximum Gasteiger partial charge on any atom is 0.330 e. The molecule has 100 valence electrons. The molecule has 0 bridgehead atoms. The van der Waals surface area contributed by atoms with E-state index in [1.54, 1.807) is 23.5 Å². The SMILES string of the molecule is Cc1cc(C(Nc2ccccc2Cl)C(=O)O)c(C)s1. The van der Waals surface area contributed by atoms with Gasteiger partial charge in [-0.2, -0.15) is 0 Å². The Morgan fingerprint density at radius 2 is 2.05 bits per heavy atom. The molecule has 0 aliphatic carbocycles. The maximum absolute atomic E-state index is 11.5. The monoisotopic (exact) mass is 295 g/mol. The first-order valence-corrected chi connectivity index (χ1v) is 6.99. The van der Waals surface area contributed by atoms with Gasteiger partial charge in [0.25, 0.3) is 0 Å². The number of anilines is 1. The first kappa shape index (κ1) is 13.9. The Kier molecular flexibility index (Phi) is 4.12. The van der Waals surface area contributed by atoms with E-state index >= 15 is 0 Å². The fraction of sp³-hybridized carbons (Fsp3) is 0.214. The minimum atomic E-state index is -0.916. The Labute approximate surface area is 120 Å². The number of benzene rings is 1. The van der Waals surface area contributed by atoms with Crippen LogP contribution in [0.15, 0.2) is 30.3 Å². The fourth-order valence-electron chi connectivity index (χ4n) is 1.94. The maximum atomic E-state index is 11.5. The Morgan fingerprint density at radius 3 is 2.58 bits per heavy atom. The van der Waals surface area contributed by atoms with E-state index in [1.807, 2.05) is 32.0 Å². The van der Waals surface area contributed by atoms with E-state index in [4.69, 9.17) is 11.6 Å². The standard InChI is InChI=1S/C14H14ClNO2S/c1-8-7-10(9(2)19-8)13(14(17)18)16-12-6-4-3-5-11(12)15/h3-7,13,16H,1-2H3,(H,17,18). The van der Waals surface area contributed by atoms with Crippen LogP contribution in [0.25, 0.3) is 0 Å². The summed E-state index contributed by atoms with van der Waals surface area (Å²) in [4.78, 5) is 13.6. The lowest BCUT2D eigenvalue weighted by atomic mass is 10.1. The molecule has 1 aromatic carbocycles. The Bertz CT molecular complexity index is 609. The smallest absolute Gasteiger partial charge is 0.330 e. The fourth-order valence-corrected chi connectivity index (χ4v) is 3.10. The second-order valence-electron chi connectivity index (χ2n) is 4.26. The molecule has 1 atom stereocenters. The van der Waals surface area contributed by atoms with Gasteiger partial charge in [-0.05, 0) is 37.6 Å². The second-order valence-corrected chi connectivity index (χ2v) is 6.13. The summed E-state index contributed by atoms with van der Waals surface area (Å²) in [5.74, 6) is -0.916. The van der Waals surface area contributed by atoms with Crippen molar-refractivity contribution in [2.45, 2.75) is 19.9 Å². The van der Waals surface area contributed by atoms with Crippen LogP contribution in [0.5, 0.6) is 0 Å². The average molecular weight is 296 g/mol. The largest absolute Gasteiger partial charge is 0.479 e. The van der Waals surface area contributed by atoms with Gasteiger partial charge in [0.05, 0.1) is 10.7 Å². The number of thiophene rings is 1. The molecule has 2 aromatic rings. The van der Waals surface area contributed by atoms with Crippen molar-refractivity contribution < 1.29 is 9.90 Å². The topological polar surface area (TPSA) is 49.3 Å². The third-order valence-corrected chi connectivity index (χ3v) is 4.12. The first-order valence-electron chi connectivity index (χ1n) is 5.80. The van der Waals surface area contributed by atoms with Crippen molar-refractivity contribution in [1.29, 1.82) is 0 Å². The zero-order chi connectivity index (χ0) is 14.0. The molecule has 0 spiro atoms. The van der Waals surface area contributed by atoms with Crippen LogP contribution in [0, 0.1) is 13.8 Å². The van der Waals surface area contributed by atoms with E-state index in [-0.39, 0.29) is 0 Å². The minimum absolute atomic E-state index is 0.512. The number of hydrogen-bond acceptors (Lipinski definition) is 3. The van der Waals surface area contributed by atoms with Crippen molar-refractivity contribution in [2.75, 3.05) is 5.32 Å². The number of rotatable bonds is 4. The normalized spacial score (nSPS) is 12.2. The number of aliphatic carboxylic acids is 1. The molecule has 0 amide bonds. The number of nitrogens with one attached hydrogen (secondary N) is 1. The van der Waals surface area contributed by atoms with Gasteiger partial charge in [0.1, 0.15) is 0 Å². The Hall–Kier alpha value is -1.52. The summed E-state index contributed by atoms with van der Waals surface area (Å²) in [5, 5.41) is 12.9. The molecule has 0 saturated heterocycles. The predicted molar refractivity (Wildman–Crippen MR) is 79.2 cm³/mol. The lowest BCUT2D eigenvalue weighted by molar-refractivity contribution is -0.138. The molecule has 1 unspecified atom stereocenters. The summed E-state index contributed by atoms with van der Waals surface area (Å²) >= 11 is 7.65. The van der Waals surface area contributed by atoms with Crippen molar-refractivity contribution in [3.63, 3.8) is 0 Å². The first-order chi connectivity index (χ1) is 8.99. The lowest BCUT2D eigenvalue weighted by Crippen LogP contribution is -2.20. The van der Waals surface area contributed by atoms with Crippen molar-refractivity contribution in [3.05, 3.63) is 50.7 Å². The molecule has 2 rings (SSSR count). The molecule has 0 saturated carbocycles. The van der Waals surface area contributed by atoms with Gasteiger partial charge in [0.15, 0.2) is 6.04 Å². The molecule has 0 aliphatic heterocycles. The summed E-state index contributed by atoms with van der Waals surface area (Å²) in [6.45, 7) is 3.90. The summed E-state index contributed by atoms with van der Waals surface area (Å²) in [5.41, 5.74) is 1.41. The number of para-hydroxylation sites is 1. The highest BCUT2D eigenvalue weighted by molar-refractivity contribution is 7.12. The van der Waals surface area contributed by atoms with Crippen molar-refractivity contribution in [2.24, 2.45) is 0 Å². The number of halogens is 1. The van der Waals surface area contributed by atoms with Gasteiger partial charge in [0, 0.05) is 9.75 Å². The number of aryl methyl sites for hydroxylation is 2. The van der Waals surface area contributed by atoms with Gasteiger partial charge < -0.3 is 10.4 Å². The van der Waals surface area contributed by atoms with Crippen molar-refractivity contribution >= 4 is 34.6 Å². The third-order valence-electron chi connectivity index (χ3n) is 2.81. The average Bonchev–Trinajstić information content (AvgIpc) is 2.67. The molecule has 0 radical (unpaired) electrons. The van der Waals surface area contributed by atoms with E-state index in [2.05, 4.69) is 5.32 Å². The van der Waals surface area contributed by atoms with E-state index in [0.717, 1.165) is 15.3 Å². The van der Waals surface area contributed by atoms with Crippen LogP contribution in [0.1, 0.15) is 21.4 Å². The summed E-state index contributed by atoms with van der Waals surface area (Å²) < 4.78 is 0. The van der Waals surface area contributed by atoms with Gasteiger partial charge in [-0.15, -0.1) is 11.3 Å². The Morgan fingerprint density at radius 1 is 1.37 bits per heavy atom. The van der Waals surface area contributed by atoms with Gasteiger partial charge in [-0.1, -0.05) is 23.7 Å². The van der Waals surface area contributed by atoms with E-state index in [9.17, 15) is 9.90 Å². The highest BCUT2D eigenvalue weighted by Gasteiger charge is 2.23. The highest BCUT2D eigenvalue weighted by atomic mass is 35.5. The molecule has 3 nitrogen and oxygen atoms in total. The zero-order valence-electron chi connectivity index (χ0n) is 10.6. The van der Waals surface area contributed by atoms with Crippen LogP contribution in [0.3, 0.4) is 0 Å². The summed E-state index contributed by atoms with van der Waals surface area (Å²) in [6, 6.07) is 8.25. The van der Waals surface area contributed by atoms with Gasteiger partial charge in [-0.25, -0.2) is 4.79 Å². The molecular weight excluding hydrogens is 282 g/mol. The van der Waals surface area contributed by atoms with Gasteiger partial charge in [0.2, 0.25) is 0 Å². The number of carboxylic acids is 1. The number of carboxylic acid groups (broad SMARTS) is 1. The van der Waals surface area contributed by atoms with E-state index < -0.39 is 12.0 Å². The molecule has 5 heteroatoms. The molecule has 2 N–H and O–H groups in total. The quantitative estimate of drug-likeness (QED) is 0.886. The molecule has 1 heterocycles. The van der Waals surface area contributed by atoms with Crippen LogP contribution in [-0.2, 0) is 4.79 Å². The minimum Gasteiger partial charge on any atom is -0.479 e. The van der Waals surface area contributed by atoms with Crippen LogP contribution in [-0.4, -0.2) is 11.1 Å². The second kappa shape index (κ2) is 5.63. The van der Waals surface area contributed by atoms with Crippen molar-refractivity contribution in [1.82, 2.24) is 0 Å². The lowest BCUT2D eigenvalue weighted by Gasteiger charge is -2.16.